The minimum Gasteiger partial charge on any atom is -0.503 e. The second-order valence-electron chi connectivity index (χ2n) is 7.43. The van der Waals surface area contributed by atoms with E-state index < -0.39 is 17.7 Å². The van der Waals surface area contributed by atoms with E-state index in [1.807, 2.05) is 43.3 Å². The summed E-state index contributed by atoms with van der Waals surface area (Å²) in [5, 5.41) is 10.6. The third-order valence-electron chi connectivity index (χ3n) is 5.36. The summed E-state index contributed by atoms with van der Waals surface area (Å²) in [6.07, 6.45) is 0.188. The predicted octanol–water partition coefficient (Wildman–Crippen LogP) is 3.40. The van der Waals surface area contributed by atoms with Crippen molar-refractivity contribution in [2.24, 2.45) is 0 Å². The molecule has 1 amide bonds. The van der Waals surface area contributed by atoms with Crippen LogP contribution >= 0.6 is 0 Å². The minimum atomic E-state index is -0.719. The first-order chi connectivity index (χ1) is 14.4. The van der Waals surface area contributed by atoms with E-state index in [1.165, 1.54) is 4.90 Å². The van der Waals surface area contributed by atoms with E-state index in [0.717, 1.165) is 11.3 Å². The molecule has 1 unspecified atom stereocenters. The van der Waals surface area contributed by atoms with Gasteiger partial charge in [0.1, 0.15) is 13.2 Å². The molecular formula is C23H24N2O5. The van der Waals surface area contributed by atoms with E-state index in [-0.39, 0.29) is 17.8 Å². The number of Topliss-reactive ketones (excluding diaryl/α,β-unsaturated/α-hetero) is 1. The van der Waals surface area contributed by atoms with Crippen LogP contribution in [0.2, 0.25) is 0 Å². The number of nitrogens with zero attached hydrogens (tertiary/aromatic N) is 2. The molecule has 7 heteroatoms. The Balaban J connectivity index is 1.82. The molecule has 0 bridgehead atoms. The van der Waals surface area contributed by atoms with Gasteiger partial charge in [0.2, 0.25) is 0 Å². The van der Waals surface area contributed by atoms with Crippen LogP contribution in [0.4, 0.5) is 11.4 Å². The first-order valence-corrected chi connectivity index (χ1v) is 9.89. The molecule has 2 aromatic carbocycles. The molecule has 2 aliphatic heterocycles. The minimum absolute atomic E-state index is 0.120. The number of fused-ring (bicyclic) bond motifs is 1. The van der Waals surface area contributed by atoms with E-state index >= 15 is 0 Å². The second kappa shape index (κ2) is 7.74. The summed E-state index contributed by atoms with van der Waals surface area (Å²) < 4.78 is 11.2. The SMILES string of the molecule is CCC(=O)C1=C(O)C(=O)N(c2ccc3c(c2)OCCO3)C1c1ccc(N(C)C)cc1. The highest BCUT2D eigenvalue weighted by atomic mass is 16.6. The molecular weight excluding hydrogens is 384 g/mol. The topological polar surface area (TPSA) is 79.3 Å². The Kier molecular flexibility index (Phi) is 5.11. The van der Waals surface area contributed by atoms with Crippen molar-refractivity contribution in [3.05, 3.63) is 59.4 Å². The Labute approximate surface area is 175 Å². The number of aliphatic hydroxyl groups is 1. The van der Waals surface area contributed by atoms with E-state index in [4.69, 9.17) is 9.47 Å². The number of amides is 1. The van der Waals surface area contributed by atoms with Gasteiger partial charge in [0.15, 0.2) is 23.0 Å². The smallest absolute Gasteiger partial charge is 0.294 e. The third kappa shape index (κ3) is 3.26. The van der Waals surface area contributed by atoms with Crippen molar-refractivity contribution in [1.29, 1.82) is 0 Å². The van der Waals surface area contributed by atoms with Gasteiger partial charge in [0.05, 0.1) is 11.6 Å². The van der Waals surface area contributed by atoms with Gasteiger partial charge in [-0.15, -0.1) is 0 Å². The van der Waals surface area contributed by atoms with Crippen LogP contribution in [0.25, 0.3) is 0 Å². The van der Waals surface area contributed by atoms with Gasteiger partial charge in [-0.2, -0.15) is 0 Å². The molecule has 2 aromatic rings. The maximum Gasteiger partial charge on any atom is 0.294 e. The highest BCUT2D eigenvalue weighted by molar-refractivity contribution is 6.16. The number of carbonyl (C=O) groups excluding carboxylic acids is 2. The third-order valence-corrected chi connectivity index (χ3v) is 5.36. The maximum absolute atomic E-state index is 13.0. The van der Waals surface area contributed by atoms with Crippen LogP contribution < -0.4 is 19.3 Å². The van der Waals surface area contributed by atoms with Crippen molar-refractivity contribution in [3.8, 4) is 11.5 Å². The molecule has 0 saturated heterocycles. The van der Waals surface area contributed by atoms with E-state index in [1.54, 1.807) is 25.1 Å². The van der Waals surface area contributed by atoms with Crippen LogP contribution in [0.5, 0.6) is 11.5 Å². The van der Waals surface area contributed by atoms with Gasteiger partial charge < -0.3 is 19.5 Å². The number of carbonyl (C=O) groups is 2. The number of anilines is 2. The quantitative estimate of drug-likeness (QED) is 0.817. The first kappa shape index (κ1) is 19.8. The number of hydrogen-bond donors (Lipinski definition) is 1. The molecule has 0 radical (unpaired) electrons. The Morgan fingerprint density at radius 2 is 1.77 bits per heavy atom. The average molecular weight is 408 g/mol. The normalized spacial score (nSPS) is 18.0. The molecule has 7 nitrogen and oxygen atoms in total. The fraction of sp³-hybridized carbons (Fsp3) is 0.304. The van der Waals surface area contributed by atoms with Crippen molar-refractivity contribution in [1.82, 2.24) is 0 Å². The van der Waals surface area contributed by atoms with Crippen LogP contribution in [0.15, 0.2) is 53.8 Å². The molecule has 0 spiro atoms. The van der Waals surface area contributed by atoms with Gasteiger partial charge in [0, 0.05) is 38.0 Å². The second-order valence-corrected chi connectivity index (χ2v) is 7.43. The van der Waals surface area contributed by atoms with Gasteiger partial charge >= 0.3 is 0 Å². The van der Waals surface area contributed by atoms with Crippen molar-refractivity contribution < 1.29 is 24.2 Å². The Bertz CT molecular complexity index is 1030. The fourth-order valence-corrected chi connectivity index (χ4v) is 3.80. The summed E-state index contributed by atoms with van der Waals surface area (Å²) in [4.78, 5) is 29.1. The Hall–Kier alpha value is -3.48. The molecule has 0 aliphatic carbocycles. The molecule has 0 fully saturated rings. The van der Waals surface area contributed by atoms with Crippen molar-refractivity contribution in [3.63, 3.8) is 0 Å². The zero-order chi connectivity index (χ0) is 21.4. The number of aliphatic hydroxyl groups excluding tert-OH is 1. The summed E-state index contributed by atoms with van der Waals surface area (Å²) in [5.74, 6) is -0.236. The van der Waals surface area contributed by atoms with Crippen molar-refractivity contribution in [2.75, 3.05) is 37.1 Å². The lowest BCUT2D eigenvalue weighted by Crippen LogP contribution is -2.31. The molecule has 4 rings (SSSR count). The summed E-state index contributed by atoms with van der Waals surface area (Å²) in [6, 6.07) is 12.1. The molecule has 0 aromatic heterocycles. The van der Waals surface area contributed by atoms with Gasteiger partial charge in [-0.1, -0.05) is 19.1 Å². The monoisotopic (exact) mass is 408 g/mol. The van der Waals surface area contributed by atoms with Crippen molar-refractivity contribution >= 4 is 23.1 Å². The van der Waals surface area contributed by atoms with Gasteiger partial charge in [-0.25, -0.2) is 0 Å². The summed E-state index contributed by atoms with van der Waals surface area (Å²) in [6.45, 7) is 2.60. The molecule has 156 valence electrons. The van der Waals surface area contributed by atoms with E-state index in [2.05, 4.69) is 0 Å². The largest absolute Gasteiger partial charge is 0.503 e. The van der Waals surface area contributed by atoms with E-state index in [0.29, 0.717) is 30.4 Å². The highest BCUT2D eigenvalue weighted by Gasteiger charge is 2.44. The molecule has 1 N–H and O–H groups in total. The zero-order valence-electron chi connectivity index (χ0n) is 17.2. The van der Waals surface area contributed by atoms with Gasteiger partial charge in [-0.05, 0) is 29.8 Å². The Morgan fingerprint density at radius 3 is 2.40 bits per heavy atom. The van der Waals surface area contributed by atoms with Gasteiger partial charge in [-0.3, -0.25) is 14.5 Å². The number of ether oxygens (including phenoxy) is 2. The Morgan fingerprint density at radius 1 is 1.10 bits per heavy atom. The molecule has 2 aliphatic rings. The van der Waals surface area contributed by atoms with Crippen LogP contribution in [0.3, 0.4) is 0 Å². The zero-order valence-corrected chi connectivity index (χ0v) is 17.2. The summed E-state index contributed by atoms with van der Waals surface area (Å²) in [7, 11) is 3.88. The predicted molar refractivity (Wildman–Crippen MR) is 113 cm³/mol. The molecule has 0 saturated carbocycles. The fourth-order valence-electron chi connectivity index (χ4n) is 3.80. The van der Waals surface area contributed by atoms with Crippen LogP contribution in [-0.4, -0.2) is 44.1 Å². The molecule has 1 atom stereocenters. The van der Waals surface area contributed by atoms with Crippen LogP contribution in [0.1, 0.15) is 24.9 Å². The van der Waals surface area contributed by atoms with Gasteiger partial charge in [0.25, 0.3) is 5.91 Å². The van der Waals surface area contributed by atoms with E-state index in [9.17, 15) is 14.7 Å². The van der Waals surface area contributed by atoms with Crippen LogP contribution in [-0.2, 0) is 9.59 Å². The maximum atomic E-state index is 13.0. The lowest BCUT2D eigenvalue weighted by molar-refractivity contribution is -0.118. The summed E-state index contributed by atoms with van der Waals surface area (Å²) >= 11 is 0. The molecule has 30 heavy (non-hydrogen) atoms. The standard InChI is InChI=1S/C23H24N2O5/c1-4-17(26)20-21(14-5-7-15(8-6-14)24(2)3)25(23(28)22(20)27)16-9-10-18-19(13-16)30-12-11-29-18/h5-10,13,21,27H,4,11-12H2,1-3H3. The lowest BCUT2D eigenvalue weighted by atomic mass is 9.94. The number of ketones is 1. The van der Waals surface area contributed by atoms with Crippen molar-refractivity contribution in [2.45, 2.75) is 19.4 Å². The summed E-state index contributed by atoms with van der Waals surface area (Å²) in [5.41, 5.74) is 2.38. The lowest BCUT2D eigenvalue weighted by Gasteiger charge is -2.28. The molecule has 2 heterocycles. The number of benzene rings is 2. The van der Waals surface area contributed by atoms with Crippen LogP contribution in [0, 0.1) is 0 Å². The number of hydrogen-bond acceptors (Lipinski definition) is 6. The first-order valence-electron chi connectivity index (χ1n) is 9.89. The number of rotatable bonds is 5. The highest BCUT2D eigenvalue weighted by Crippen LogP contribution is 2.44. The average Bonchev–Trinajstić information content (AvgIpc) is 3.03.